The lowest BCUT2D eigenvalue weighted by atomic mass is 10.3. The van der Waals surface area contributed by atoms with Crippen LogP contribution < -0.4 is 4.74 Å². The van der Waals surface area contributed by atoms with Crippen molar-refractivity contribution in [2.45, 2.75) is 17.3 Å². The van der Waals surface area contributed by atoms with Gasteiger partial charge in [-0.2, -0.15) is 0 Å². The van der Waals surface area contributed by atoms with Crippen molar-refractivity contribution in [1.82, 2.24) is 19.7 Å². The SMILES string of the molecule is COc1ccccc1-n1c(SC(C)C(=O)N(C)C)nnc1-c1cccs1. The smallest absolute Gasteiger partial charge is 0.235 e. The second kappa shape index (κ2) is 7.92. The Bertz CT molecular complexity index is 890. The van der Waals surface area contributed by atoms with Gasteiger partial charge in [0, 0.05) is 14.1 Å². The van der Waals surface area contributed by atoms with Gasteiger partial charge in [-0.05, 0) is 30.5 Å². The normalized spacial score (nSPS) is 12.0. The van der Waals surface area contributed by atoms with Crippen LogP contribution in [0.15, 0.2) is 46.9 Å². The Morgan fingerprint density at radius 1 is 1.23 bits per heavy atom. The van der Waals surface area contributed by atoms with Gasteiger partial charge >= 0.3 is 0 Å². The lowest BCUT2D eigenvalue weighted by molar-refractivity contribution is -0.127. The summed E-state index contributed by atoms with van der Waals surface area (Å²) in [4.78, 5) is 14.9. The minimum Gasteiger partial charge on any atom is -0.495 e. The molecule has 136 valence electrons. The third kappa shape index (κ3) is 3.61. The first-order valence-electron chi connectivity index (χ1n) is 8.03. The lowest BCUT2D eigenvalue weighted by Crippen LogP contribution is -2.29. The molecule has 8 heteroatoms. The molecule has 1 amide bonds. The molecule has 3 rings (SSSR count). The molecule has 1 aromatic carbocycles. The lowest BCUT2D eigenvalue weighted by Gasteiger charge is -2.17. The molecular weight excluding hydrogens is 368 g/mol. The first-order chi connectivity index (χ1) is 12.5. The first-order valence-corrected chi connectivity index (χ1v) is 9.79. The second-order valence-electron chi connectivity index (χ2n) is 5.78. The molecule has 0 saturated carbocycles. The van der Waals surface area contributed by atoms with E-state index < -0.39 is 0 Å². The molecule has 2 aromatic heterocycles. The fraction of sp³-hybridized carbons (Fsp3) is 0.278. The van der Waals surface area contributed by atoms with Crippen LogP contribution in [0.4, 0.5) is 0 Å². The number of carbonyl (C=O) groups is 1. The molecule has 6 nitrogen and oxygen atoms in total. The van der Waals surface area contributed by atoms with Crippen LogP contribution >= 0.6 is 23.1 Å². The summed E-state index contributed by atoms with van der Waals surface area (Å²) in [5.74, 6) is 1.48. The summed E-state index contributed by atoms with van der Waals surface area (Å²) in [5.41, 5.74) is 0.843. The highest BCUT2D eigenvalue weighted by Crippen LogP contribution is 2.35. The van der Waals surface area contributed by atoms with E-state index in [1.807, 2.05) is 53.3 Å². The number of hydrogen-bond acceptors (Lipinski definition) is 6. The molecule has 0 aliphatic heterocycles. The van der Waals surface area contributed by atoms with Crippen molar-refractivity contribution in [3.8, 4) is 22.1 Å². The summed E-state index contributed by atoms with van der Waals surface area (Å²) in [6.07, 6.45) is 0. The molecule has 3 aromatic rings. The maximum atomic E-state index is 12.3. The fourth-order valence-corrected chi connectivity index (χ4v) is 4.22. The van der Waals surface area contributed by atoms with Crippen molar-refractivity contribution in [3.63, 3.8) is 0 Å². The molecule has 2 heterocycles. The van der Waals surface area contributed by atoms with Crippen molar-refractivity contribution >= 4 is 29.0 Å². The van der Waals surface area contributed by atoms with Crippen LogP contribution in [0.1, 0.15) is 6.92 Å². The average Bonchev–Trinajstić information content (AvgIpc) is 3.30. The van der Waals surface area contributed by atoms with E-state index in [-0.39, 0.29) is 11.2 Å². The molecule has 1 unspecified atom stereocenters. The number of hydrogen-bond donors (Lipinski definition) is 0. The van der Waals surface area contributed by atoms with E-state index in [1.54, 1.807) is 37.4 Å². The van der Waals surface area contributed by atoms with Gasteiger partial charge in [0.25, 0.3) is 0 Å². The number of methoxy groups -OCH3 is 1. The quantitative estimate of drug-likeness (QED) is 0.604. The van der Waals surface area contributed by atoms with Gasteiger partial charge in [-0.15, -0.1) is 21.5 Å². The molecule has 0 aliphatic rings. The number of benzene rings is 1. The highest BCUT2D eigenvalue weighted by Gasteiger charge is 2.24. The highest BCUT2D eigenvalue weighted by atomic mass is 32.2. The number of rotatable bonds is 6. The third-order valence-electron chi connectivity index (χ3n) is 3.77. The number of carbonyl (C=O) groups excluding carboxylic acids is 1. The molecule has 0 radical (unpaired) electrons. The van der Waals surface area contributed by atoms with Gasteiger partial charge in [0.05, 0.1) is 22.9 Å². The molecule has 0 spiro atoms. The molecule has 0 saturated heterocycles. The number of aromatic nitrogens is 3. The van der Waals surface area contributed by atoms with E-state index in [0.717, 1.165) is 22.1 Å². The summed E-state index contributed by atoms with van der Waals surface area (Å²) in [7, 11) is 5.14. The number of ether oxygens (including phenoxy) is 1. The molecule has 0 bridgehead atoms. The highest BCUT2D eigenvalue weighted by molar-refractivity contribution is 8.00. The zero-order chi connectivity index (χ0) is 18.7. The van der Waals surface area contributed by atoms with Crippen LogP contribution in [0.3, 0.4) is 0 Å². The minimum atomic E-state index is -0.279. The number of para-hydroxylation sites is 2. The molecule has 0 aliphatic carbocycles. The largest absolute Gasteiger partial charge is 0.495 e. The summed E-state index contributed by atoms with van der Waals surface area (Å²) < 4.78 is 7.48. The van der Waals surface area contributed by atoms with Gasteiger partial charge in [0.1, 0.15) is 5.75 Å². The van der Waals surface area contributed by atoms with E-state index >= 15 is 0 Å². The average molecular weight is 389 g/mol. The van der Waals surface area contributed by atoms with Crippen molar-refractivity contribution < 1.29 is 9.53 Å². The summed E-state index contributed by atoms with van der Waals surface area (Å²) in [6, 6.07) is 11.7. The Morgan fingerprint density at radius 2 is 2.00 bits per heavy atom. The second-order valence-corrected chi connectivity index (χ2v) is 8.04. The number of thiophene rings is 1. The number of nitrogens with zero attached hydrogens (tertiary/aromatic N) is 4. The van der Waals surface area contributed by atoms with Crippen LogP contribution in [0.2, 0.25) is 0 Å². The van der Waals surface area contributed by atoms with E-state index in [9.17, 15) is 4.79 Å². The Hall–Kier alpha value is -2.32. The summed E-state index contributed by atoms with van der Waals surface area (Å²) in [5, 5.41) is 11.1. The zero-order valence-corrected chi connectivity index (χ0v) is 16.7. The van der Waals surface area contributed by atoms with Gasteiger partial charge in [-0.25, -0.2) is 0 Å². The van der Waals surface area contributed by atoms with Gasteiger partial charge in [-0.3, -0.25) is 9.36 Å². The third-order valence-corrected chi connectivity index (χ3v) is 5.67. The van der Waals surface area contributed by atoms with Gasteiger partial charge < -0.3 is 9.64 Å². The van der Waals surface area contributed by atoms with Crippen molar-refractivity contribution in [2.24, 2.45) is 0 Å². The van der Waals surface area contributed by atoms with E-state index in [1.165, 1.54) is 11.8 Å². The van der Waals surface area contributed by atoms with E-state index in [0.29, 0.717) is 5.16 Å². The molecular formula is C18H20N4O2S2. The topological polar surface area (TPSA) is 60.2 Å². The van der Waals surface area contributed by atoms with Crippen LogP contribution in [0.25, 0.3) is 16.4 Å². The van der Waals surface area contributed by atoms with Gasteiger partial charge in [-0.1, -0.05) is 30.0 Å². The van der Waals surface area contributed by atoms with Crippen molar-refractivity contribution in [1.29, 1.82) is 0 Å². The van der Waals surface area contributed by atoms with Crippen LogP contribution in [0, 0.1) is 0 Å². The maximum Gasteiger partial charge on any atom is 0.235 e. The Labute approximate surface area is 160 Å². The maximum absolute atomic E-state index is 12.3. The Balaban J connectivity index is 2.10. The first kappa shape index (κ1) is 18.5. The van der Waals surface area contributed by atoms with E-state index in [4.69, 9.17) is 4.74 Å². The summed E-state index contributed by atoms with van der Waals surface area (Å²) in [6.45, 7) is 1.87. The molecule has 1 atom stereocenters. The number of amides is 1. The predicted molar refractivity (Wildman–Crippen MR) is 105 cm³/mol. The zero-order valence-electron chi connectivity index (χ0n) is 15.0. The van der Waals surface area contributed by atoms with Crippen LogP contribution in [-0.2, 0) is 4.79 Å². The molecule has 0 N–H and O–H groups in total. The van der Waals surface area contributed by atoms with Crippen molar-refractivity contribution in [2.75, 3.05) is 21.2 Å². The van der Waals surface area contributed by atoms with Crippen LogP contribution in [-0.4, -0.2) is 52.0 Å². The minimum absolute atomic E-state index is 0.0299. The van der Waals surface area contributed by atoms with Gasteiger partial charge in [0.15, 0.2) is 11.0 Å². The van der Waals surface area contributed by atoms with Gasteiger partial charge in [0.2, 0.25) is 5.91 Å². The van der Waals surface area contributed by atoms with Crippen LogP contribution in [0.5, 0.6) is 5.75 Å². The fourth-order valence-electron chi connectivity index (χ4n) is 2.52. The standard InChI is InChI=1S/C18H20N4O2S2/c1-12(17(23)21(2)3)26-18-20-19-16(15-10-7-11-25-15)22(18)13-8-5-6-9-14(13)24-4/h5-12H,1-4H3. The van der Waals surface area contributed by atoms with E-state index in [2.05, 4.69) is 10.2 Å². The monoisotopic (exact) mass is 388 g/mol. The Kier molecular flexibility index (Phi) is 5.63. The number of thioether (sulfide) groups is 1. The Morgan fingerprint density at radius 3 is 2.65 bits per heavy atom. The molecule has 26 heavy (non-hydrogen) atoms. The summed E-state index contributed by atoms with van der Waals surface area (Å²) >= 11 is 2.98. The van der Waals surface area contributed by atoms with Crippen molar-refractivity contribution in [3.05, 3.63) is 41.8 Å². The predicted octanol–water partition coefficient (Wildman–Crippen LogP) is 3.57. The molecule has 0 fully saturated rings.